The standard InChI is InChI=1S/C20H19ClFN7.ClH/c1-11-16(13-2-3-15(22)14(21)8-13)28-18(27-11)12-4-6-29(7-5-12)20-17-19(24-9-23-17)25-10-26-20;/h2-3,8-10,12H,4-7H2,1H3,(H,27,28)(H,23,24,25,26);1H. The Morgan fingerprint density at radius 3 is 2.73 bits per heavy atom. The van der Waals surface area contributed by atoms with Crippen LogP contribution in [0, 0.1) is 12.7 Å². The molecule has 10 heteroatoms. The number of halogens is 3. The Hall–Kier alpha value is -2.71. The predicted molar refractivity (Wildman–Crippen MR) is 117 cm³/mol. The van der Waals surface area contributed by atoms with Crippen LogP contribution in [-0.4, -0.2) is 43.0 Å². The van der Waals surface area contributed by atoms with Gasteiger partial charge in [0.15, 0.2) is 11.5 Å². The van der Waals surface area contributed by atoms with E-state index in [1.165, 1.54) is 6.07 Å². The van der Waals surface area contributed by atoms with Crippen molar-refractivity contribution >= 4 is 41.0 Å². The van der Waals surface area contributed by atoms with E-state index < -0.39 is 5.82 Å². The van der Waals surface area contributed by atoms with Gasteiger partial charge < -0.3 is 14.9 Å². The summed E-state index contributed by atoms with van der Waals surface area (Å²) in [7, 11) is 0. The van der Waals surface area contributed by atoms with Gasteiger partial charge in [-0.3, -0.25) is 0 Å². The largest absolute Gasteiger partial charge is 0.355 e. The number of anilines is 1. The highest BCUT2D eigenvalue weighted by Crippen LogP contribution is 2.33. The van der Waals surface area contributed by atoms with Crippen LogP contribution in [0.1, 0.15) is 30.3 Å². The van der Waals surface area contributed by atoms with Gasteiger partial charge in [0, 0.05) is 30.3 Å². The van der Waals surface area contributed by atoms with Gasteiger partial charge in [0.1, 0.15) is 23.5 Å². The van der Waals surface area contributed by atoms with E-state index in [2.05, 4.69) is 29.8 Å². The lowest BCUT2D eigenvalue weighted by Gasteiger charge is -2.32. The molecule has 0 radical (unpaired) electrons. The second kappa shape index (κ2) is 8.20. The molecular weight excluding hydrogens is 428 g/mol. The summed E-state index contributed by atoms with van der Waals surface area (Å²) < 4.78 is 13.5. The molecule has 0 bridgehead atoms. The van der Waals surface area contributed by atoms with Gasteiger partial charge in [-0.05, 0) is 38.0 Å². The van der Waals surface area contributed by atoms with Crippen molar-refractivity contribution in [2.45, 2.75) is 25.7 Å². The highest BCUT2D eigenvalue weighted by Gasteiger charge is 2.26. The maximum Gasteiger partial charge on any atom is 0.182 e. The summed E-state index contributed by atoms with van der Waals surface area (Å²) in [5, 5.41) is 0.106. The van der Waals surface area contributed by atoms with Gasteiger partial charge in [-0.2, -0.15) is 0 Å². The van der Waals surface area contributed by atoms with Crippen molar-refractivity contribution in [3.05, 3.63) is 53.2 Å². The van der Waals surface area contributed by atoms with E-state index in [0.717, 1.165) is 60.0 Å². The SMILES string of the molecule is Cc1[nH]c(C2CCN(c3ncnc4nc[nH]c34)CC2)nc1-c1ccc(F)c(Cl)c1.Cl. The van der Waals surface area contributed by atoms with Crippen LogP contribution in [0.5, 0.6) is 0 Å². The molecule has 0 amide bonds. The maximum atomic E-state index is 13.5. The second-order valence-electron chi connectivity index (χ2n) is 7.28. The van der Waals surface area contributed by atoms with E-state index >= 15 is 0 Å². The van der Waals surface area contributed by atoms with Crippen LogP contribution < -0.4 is 4.90 Å². The molecule has 4 heterocycles. The van der Waals surface area contributed by atoms with Crippen LogP contribution in [0.15, 0.2) is 30.9 Å². The highest BCUT2D eigenvalue weighted by atomic mass is 35.5. The number of nitrogens with one attached hydrogen (secondary N) is 2. The average molecular weight is 448 g/mol. The van der Waals surface area contributed by atoms with Gasteiger partial charge >= 0.3 is 0 Å². The summed E-state index contributed by atoms with van der Waals surface area (Å²) in [6, 6.07) is 4.71. The van der Waals surface area contributed by atoms with E-state index in [1.807, 2.05) is 6.92 Å². The third-order valence-electron chi connectivity index (χ3n) is 5.48. The molecule has 1 fully saturated rings. The molecule has 1 saturated heterocycles. The Morgan fingerprint density at radius 2 is 1.97 bits per heavy atom. The predicted octanol–water partition coefficient (Wildman–Crippen LogP) is 4.65. The average Bonchev–Trinajstić information content (AvgIpc) is 3.37. The zero-order valence-electron chi connectivity index (χ0n) is 16.2. The van der Waals surface area contributed by atoms with Gasteiger partial charge in [0.05, 0.1) is 17.0 Å². The monoisotopic (exact) mass is 447 g/mol. The summed E-state index contributed by atoms with van der Waals surface area (Å²) in [5.41, 5.74) is 4.15. The molecule has 0 atom stereocenters. The number of imidazole rings is 2. The van der Waals surface area contributed by atoms with E-state index in [4.69, 9.17) is 16.6 Å². The smallest absolute Gasteiger partial charge is 0.182 e. The van der Waals surface area contributed by atoms with Gasteiger partial charge in [-0.1, -0.05) is 11.6 Å². The number of H-pyrrole nitrogens is 2. The molecule has 5 rings (SSSR count). The third-order valence-corrected chi connectivity index (χ3v) is 5.77. The van der Waals surface area contributed by atoms with Crippen molar-refractivity contribution < 1.29 is 4.39 Å². The minimum Gasteiger partial charge on any atom is -0.355 e. The summed E-state index contributed by atoms with van der Waals surface area (Å²) in [4.78, 5) is 26.5. The minimum absolute atomic E-state index is 0. The lowest BCUT2D eigenvalue weighted by Crippen LogP contribution is -2.34. The van der Waals surface area contributed by atoms with Gasteiger partial charge in [-0.25, -0.2) is 24.3 Å². The van der Waals surface area contributed by atoms with E-state index in [0.29, 0.717) is 11.6 Å². The first-order valence-electron chi connectivity index (χ1n) is 9.51. The molecule has 4 aromatic rings. The van der Waals surface area contributed by atoms with Crippen molar-refractivity contribution in [2.24, 2.45) is 0 Å². The topological polar surface area (TPSA) is 86.4 Å². The molecule has 1 aliphatic rings. The number of rotatable bonds is 3. The van der Waals surface area contributed by atoms with Crippen molar-refractivity contribution in [1.29, 1.82) is 0 Å². The summed E-state index contributed by atoms with van der Waals surface area (Å²) in [6.45, 7) is 3.72. The number of nitrogens with zero attached hydrogens (tertiary/aromatic N) is 5. The first-order valence-corrected chi connectivity index (χ1v) is 9.89. The number of fused-ring (bicyclic) bond motifs is 1. The molecule has 1 aliphatic heterocycles. The molecule has 0 aliphatic carbocycles. The van der Waals surface area contributed by atoms with E-state index in [9.17, 15) is 4.39 Å². The Labute approximate surface area is 183 Å². The molecule has 156 valence electrons. The van der Waals surface area contributed by atoms with Crippen LogP contribution in [0.2, 0.25) is 5.02 Å². The van der Waals surface area contributed by atoms with E-state index in [1.54, 1.807) is 24.8 Å². The third kappa shape index (κ3) is 3.61. The zero-order chi connectivity index (χ0) is 20.0. The van der Waals surface area contributed by atoms with Gasteiger partial charge in [0.2, 0.25) is 0 Å². The van der Waals surface area contributed by atoms with Crippen LogP contribution in [0.25, 0.3) is 22.4 Å². The highest BCUT2D eigenvalue weighted by molar-refractivity contribution is 6.31. The fourth-order valence-electron chi connectivity index (χ4n) is 3.96. The Kier molecular flexibility index (Phi) is 5.62. The maximum absolute atomic E-state index is 13.5. The Bertz CT molecular complexity index is 1180. The normalized spacial score (nSPS) is 14.8. The number of aromatic amines is 2. The van der Waals surface area contributed by atoms with Gasteiger partial charge in [0.25, 0.3) is 0 Å². The fourth-order valence-corrected chi connectivity index (χ4v) is 4.14. The molecule has 7 nitrogen and oxygen atoms in total. The zero-order valence-corrected chi connectivity index (χ0v) is 17.8. The molecular formula is C20H20Cl2FN7. The first-order chi connectivity index (χ1) is 14.1. The number of benzene rings is 1. The van der Waals surface area contributed by atoms with Crippen LogP contribution >= 0.6 is 24.0 Å². The van der Waals surface area contributed by atoms with Crippen molar-refractivity contribution in [1.82, 2.24) is 29.9 Å². The quantitative estimate of drug-likeness (QED) is 0.477. The van der Waals surface area contributed by atoms with Crippen LogP contribution in [0.4, 0.5) is 10.2 Å². The van der Waals surface area contributed by atoms with Crippen LogP contribution in [-0.2, 0) is 0 Å². The number of hydrogen-bond donors (Lipinski definition) is 2. The number of aromatic nitrogens is 6. The summed E-state index contributed by atoms with van der Waals surface area (Å²) in [6.07, 6.45) is 5.11. The molecule has 0 spiro atoms. The molecule has 3 aromatic heterocycles. The number of aryl methyl sites for hydroxylation is 1. The lowest BCUT2D eigenvalue weighted by atomic mass is 9.96. The van der Waals surface area contributed by atoms with Crippen LogP contribution in [0.3, 0.4) is 0 Å². The Balaban J connectivity index is 0.00000218. The lowest BCUT2D eigenvalue weighted by molar-refractivity contribution is 0.487. The van der Waals surface area contributed by atoms with Crippen molar-refractivity contribution in [3.63, 3.8) is 0 Å². The molecule has 30 heavy (non-hydrogen) atoms. The first kappa shape index (κ1) is 20.6. The van der Waals surface area contributed by atoms with Crippen molar-refractivity contribution in [2.75, 3.05) is 18.0 Å². The number of hydrogen-bond acceptors (Lipinski definition) is 5. The molecule has 0 unspecified atom stereocenters. The molecule has 0 saturated carbocycles. The van der Waals surface area contributed by atoms with Crippen molar-refractivity contribution in [3.8, 4) is 11.3 Å². The molecule has 2 N–H and O–H groups in total. The summed E-state index contributed by atoms with van der Waals surface area (Å²) in [5.74, 6) is 1.76. The summed E-state index contributed by atoms with van der Waals surface area (Å²) >= 11 is 5.94. The Morgan fingerprint density at radius 1 is 1.17 bits per heavy atom. The minimum atomic E-state index is -0.424. The fraction of sp³-hybridized carbons (Fsp3) is 0.300. The molecule has 1 aromatic carbocycles. The van der Waals surface area contributed by atoms with Gasteiger partial charge in [-0.15, -0.1) is 12.4 Å². The number of piperidine rings is 1. The second-order valence-corrected chi connectivity index (χ2v) is 7.69. The van der Waals surface area contributed by atoms with E-state index in [-0.39, 0.29) is 17.4 Å².